The Kier molecular flexibility index (Phi) is 14.4. The Morgan fingerprint density at radius 2 is 1.71 bits per heavy atom. The topological polar surface area (TPSA) is 14.1 Å². The summed E-state index contributed by atoms with van der Waals surface area (Å²) in [5, 5.41) is 4.88. The van der Waals surface area contributed by atoms with Gasteiger partial charge in [0, 0.05) is 37.7 Å². The molecular weight excluding hydrogens is 463 g/mol. The molecule has 1 fully saturated rings. The van der Waals surface area contributed by atoms with Crippen molar-refractivity contribution in [3.05, 3.63) is 41.4 Å². The van der Waals surface area contributed by atoms with Crippen molar-refractivity contribution in [2.24, 2.45) is 5.92 Å². The molecule has 0 unspecified atom stereocenters. The second-order valence-electron chi connectivity index (χ2n) is 7.64. The van der Waals surface area contributed by atoms with Crippen LogP contribution in [0.4, 0.5) is 0 Å². The molecule has 1 rings (SSSR count). The van der Waals surface area contributed by atoms with Crippen LogP contribution in [0.5, 0.6) is 0 Å². The van der Waals surface area contributed by atoms with E-state index in [0.717, 1.165) is 30.0 Å². The fourth-order valence-electron chi connectivity index (χ4n) is 1.44. The molecule has 0 saturated heterocycles. The SMILES string of the molecule is C=C(CC)/C(=C\C=C/CCC)[N-]C(C)(C)C(C)(C)S.CC1CC1.[Ho]. The van der Waals surface area contributed by atoms with Gasteiger partial charge in [-0.2, -0.15) is 12.6 Å². The van der Waals surface area contributed by atoms with Gasteiger partial charge < -0.3 is 5.32 Å². The molecule has 24 heavy (non-hydrogen) atoms. The summed E-state index contributed by atoms with van der Waals surface area (Å²) in [5.74, 6) is 1.08. The van der Waals surface area contributed by atoms with Gasteiger partial charge in [0.15, 0.2) is 0 Å². The van der Waals surface area contributed by atoms with Crippen molar-refractivity contribution in [1.29, 1.82) is 0 Å². The summed E-state index contributed by atoms with van der Waals surface area (Å²) in [7, 11) is 0. The molecular formula is C21H38HoNS-. The van der Waals surface area contributed by atoms with Gasteiger partial charge in [-0.1, -0.05) is 104 Å². The quantitative estimate of drug-likeness (QED) is 0.202. The third-order valence-corrected chi connectivity index (χ3v) is 4.94. The minimum Gasteiger partial charge on any atom is -0.678 e. The van der Waals surface area contributed by atoms with E-state index in [2.05, 4.69) is 85.9 Å². The number of thiol groups is 1. The van der Waals surface area contributed by atoms with Gasteiger partial charge in [0.25, 0.3) is 0 Å². The predicted molar refractivity (Wildman–Crippen MR) is 110 cm³/mol. The first-order chi connectivity index (χ1) is 10.5. The third-order valence-electron chi connectivity index (χ3n) is 4.40. The maximum Gasteiger partial charge on any atom is 0 e. The Hall–Kier alpha value is 0.630. The number of nitrogens with zero attached hydrogens (tertiary/aromatic N) is 1. The van der Waals surface area contributed by atoms with Crippen molar-refractivity contribution in [1.82, 2.24) is 0 Å². The largest absolute Gasteiger partial charge is 0.678 e. The average Bonchev–Trinajstić information content (AvgIpc) is 3.23. The Morgan fingerprint density at radius 3 is 2.04 bits per heavy atom. The van der Waals surface area contributed by atoms with Crippen LogP contribution in [0.1, 0.15) is 80.6 Å². The smallest absolute Gasteiger partial charge is 0 e. The van der Waals surface area contributed by atoms with Crippen molar-refractivity contribution >= 4 is 12.6 Å². The van der Waals surface area contributed by atoms with E-state index in [0.29, 0.717) is 0 Å². The van der Waals surface area contributed by atoms with Crippen LogP contribution in [0, 0.1) is 43.7 Å². The average molecular weight is 502 g/mol. The van der Waals surface area contributed by atoms with Crippen molar-refractivity contribution in [3.63, 3.8) is 0 Å². The maximum atomic E-state index is 4.88. The van der Waals surface area contributed by atoms with E-state index >= 15 is 0 Å². The molecule has 0 heterocycles. The van der Waals surface area contributed by atoms with Gasteiger partial charge in [0.05, 0.1) is 0 Å². The van der Waals surface area contributed by atoms with Crippen molar-refractivity contribution in [2.75, 3.05) is 0 Å². The number of hydrogen-bond acceptors (Lipinski definition) is 1. The van der Waals surface area contributed by atoms with Crippen LogP contribution in [0.25, 0.3) is 5.32 Å². The molecule has 0 atom stereocenters. The van der Waals surface area contributed by atoms with E-state index in [1.165, 1.54) is 19.3 Å². The Bertz CT molecular complexity index is 412. The molecule has 0 bridgehead atoms. The van der Waals surface area contributed by atoms with E-state index in [4.69, 9.17) is 5.32 Å². The van der Waals surface area contributed by atoms with Crippen molar-refractivity contribution in [3.8, 4) is 0 Å². The van der Waals surface area contributed by atoms with E-state index in [9.17, 15) is 0 Å². The Labute approximate surface area is 187 Å². The molecule has 1 nitrogen and oxygen atoms in total. The molecule has 1 saturated carbocycles. The maximum absolute atomic E-state index is 4.88. The number of allylic oxidation sites excluding steroid dienone is 4. The van der Waals surface area contributed by atoms with E-state index in [1.54, 1.807) is 0 Å². The standard InChI is InChI=1S/C17H30NS.C4H8.Ho/c1-8-10-11-12-13-15(14(3)9-2)18-16(4,5)17(6,7)19;1-4-2-3-4;/h11-13,19H,3,8-10H2,1-2,4-7H3;4H,2-3H2,1H3;/q-1;;/b12-11-,15-13+;;. The molecule has 0 amide bonds. The summed E-state index contributed by atoms with van der Waals surface area (Å²) in [6.45, 7) is 19.1. The molecule has 0 aromatic heterocycles. The Balaban J connectivity index is 0. The summed E-state index contributed by atoms with van der Waals surface area (Å²) in [5.41, 5.74) is 1.83. The Morgan fingerprint density at radius 1 is 1.21 bits per heavy atom. The van der Waals surface area contributed by atoms with Crippen LogP contribution in [-0.4, -0.2) is 10.3 Å². The van der Waals surface area contributed by atoms with E-state index < -0.39 is 0 Å². The monoisotopic (exact) mass is 501 g/mol. The minimum atomic E-state index is -0.237. The zero-order chi connectivity index (χ0) is 18.1. The molecule has 1 aliphatic rings. The van der Waals surface area contributed by atoms with Gasteiger partial charge in [0.1, 0.15) is 0 Å². The molecule has 145 valence electrons. The van der Waals surface area contributed by atoms with Gasteiger partial charge in [-0.3, -0.25) is 0 Å². The molecule has 1 aliphatic carbocycles. The summed E-state index contributed by atoms with van der Waals surface area (Å²) >= 11 is 4.66. The first-order valence-electron chi connectivity index (χ1n) is 9.05. The van der Waals surface area contributed by atoms with Crippen LogP contribution >= 0.6 is 12.6 Å². The first kappa shape index (κ1) is 26.9. The number of rotatable bonds is 8. The predicted octanol–water partition coefficient (Wildman–Crippen LogP) is 7.47. The molecule has 1 radical (unpaired) electrons. The van der Waals surface area contributed by atoms with Gasteiger partial charge in [-0.25, -0.2) is 0 Å². The fraction of sp³-hybridized carbons (Fsp3) is 0.714. The molecule has 0 spiro atoms. The van der Waals surface area contributed by atoms with Crippen LogP contribution in [0.15, 0.2) is 36.1 Å². The van der Waals surface area contributed by atoms with Crippen LogP contribution in [0.2, 0.25) is 0 Å². The van der Waals surface area contributed by atoms with E-state index in [1.807, 2.05) is 0 Å². The van der Waals surface area contributed by atoms with Gasteiger partial charge in [-0.15, -0.1) is 5.70 Å². The van der Waals surface area contributed by atoms with Gasteiger partial charge in [-0.05, 0) is 23.5 Å². The second kappa shape index (κ2) is 12.9. The summed E-state index contributed by atoms with van der Waals surface area (Å²) < 4.78 is -0.173. The molecule has 0 aromatic carbocycles. The van der Waals surface area contributed by atoms with Crippen LogP contribution in [-0.2, 0) is 0 Å². The van der Waals surface area contributed by atoms with Gasteiger partial charge in [0.2, 0.25) is 0 Å². The normalized spacial score (nSPS) is 15.4. The zero-order valence-electron chi connectivity index (χ0n) is 16.7. The first-order valence-corrected chi connectivity index (χ1v) is 9.50. The molecule has 0 aromatic rings. The molecule has 0 aliphatic heterocycles. The zero-order valence-corrected chi connectivity index (χ0v) is 19.6. The van der Waals surface area contributed by atoms with Crippen molar-refractivity contribution in [2.45, 2.75) is 90.9 Å². The van der Waals surface area contributed by atoms with Gasteiger partial charge >= 0.3 is 0 Å². The summed E-state index contributed by atoms with van der Waals surface area (Å²) in [6.07, 6.45) is 12.5. The summed E-state index contributed by atoms with van der Waals surface area (Å²) in [6, 6.07) is 0. The third kappa shape index (κ3) is 12.1. The molecule has 0 N–H and O–H groups in total. The molecule has 3 heteroatoms. The fourth-order valence-corrected chi connectivity index (χ4v) is 1.49. The second-order valence-corrected chi connectivity index (χ2v) is 8.76. The van der Waals surface area contributed by atoms with Crippen molar-refractivity contribution < 1.29 is 37.7 Å². The van der Waals surface area contributed by atoms with E-state index in [-0.39, 0.29) is 48.0 Å². The number of unbranched alkanes of at least 4 members (excludes halogenated alkanes) is 1. The number of hydrogen-bond donors (Lipinski definition) is 1. The summed E-state index contributed by atoms with van der Waals surface area (Å²) in [4.78, 5) is 0. The van der Waals surface area contributed by atoms with Crippen LogP contribution < -0.4 is 0 Å². The van der Waals surface area contributed by atoms with Crippen LogP contribution in [0.3, 0.4) is 0 Å². The minimum absolute atomic E-state index is 0.